The minimum Gasteiger partial charge on any atom is -0.480 e. The molecule has 3 aromatic rings. The quantitative estimate of drug-likeness (QED) is 0.476. The molecule has 0 saturated carbocycles. The van der Waals surface area contributed by atoms with Gasteiger partial charge in [0.25, 0.3) is 0 Å². The second-order valence-corrected chi connectivity index (χ2v) is 8.82. The van der Waals surface area contributed by atoms with Crippen LogP contribution in [0.25, 0.3) is 11.1 Å². The Morgan fingerprint density at radius 1 is 0.943 bits per heavy atom. The van der Waals surface area contributed by atoms with E-state index < -0.39 is 12.1 Å². The van der Waals surface area contributed by atoms with E-state index in [0.717, 1.165) is 16.7 Å². The number of rotatable bonds is 8. The maximum absolute atomic E-state index is 12.5. The van der Waals surface area contributed by atoms with Gasteiger partial charge in [0.15, 0.2) is 0 Å². The zero-order chi connectivity index (χ0) is 24.9. The Kier molecular flexibility index (Phi) is 7.15. The Balaban J connectivity index is 1.32. The molecule has 0 saturated heterocycles. The van der Waals surface area contributed by atoms with E-state index in [1.165, 1.54) is 23.1 Å². The lowest BCUT2D eigenvalue weighted by Gasteiger charge is -2.18. The number of nitrogens with zero attached hydrogens (tertiary/aromatic N) is 1. The summed E-state index contributed by atoms with van der Waals surface area (Å²) in [5, 5.41) is 11.6. The van der Waals surface area contributed by atoms with Crippen molar-refractivity contribution < 1.29 is 24.2 Å². The molecular formula is C28H28N2O5. The molecule has 0 aliphatic heterocycles. The van der Waals surface area contributed by atoms with Crippen molar-refractivity contribution in [2.45, 2.75) is 25.2 Å². The summed E-state index contributed by atoms with van der Waals surface area (Å²) >= 11 is 0. The van der Waals surface area contributed by atoms with E-state index in [1.54, 1.807) is 12.1 Å². The molecule has 2 amide bonds. The molecule has 0 spiro atoms. The molecule has 7 nitrogen and oxygen atoms in total. The van der Waals surface area contributed by atoms with Gasteiger partial charge in [0.1, 0.15) is 13.2 Å². The molecular weight excluding hydrogens is 444 g/mol. The molecule has 0 radical (unpaired) electrons. The first kappa shape index (κ1) is 24.0. The predicted octanol–water partition coefficient (Wildman–Crippen LogP) is 5.08. The van der Waals surface area contributed by atoms with E-state index in [0.29, 0.717) is 5.69 Å². The van der Waals surface area contributed by atoms with Crippen LogP contribution >= 0.6 is 0 Å². The van der Waals surface area contributed by atoms with Gasteiger partial charge in [0.05, 0.1) is 0 Å². The lowest BCUT2D eigenvalue weighted by atomic mass is 9.97. The van der Waals surface area contributed by atoms with Gasteiger partial charge in [0.2, 0.25) is 5.91 Å². The number of aliphatic carboxylic acids is 1. The van der Waals surface area contributed by atoms with E-state index in [2.05, 4.69) is 29.6 Å². The molecule has 0 bridgehead atoms. The van der Waals surface area contributed by atoms with Crippen LogP contribution in [0.3, 0.4) is 0 Å². The van der Waals surface area contributed by atoms with Crippen LogP contribution in [0.15, 0.2) is 72.8 Å². The van der Waals surface area contributed by atoms with Crippen LogP contribution in [0.1, 0.15) is 41.9 Å². The molecule has 3 aromatic carbocycles. The third-order valence-electron chi connectivity index (χ3n) is 6.35. The van der Waals surface area contributed by atoms with E-state index in [9.17, 15) is 14.4 Å². The number of anilines is 1. The third-order valence-corrected chi connectivity index (χ3v) is 6.35. The minimum absolute atomic E-state index is 0.00632. The van der Waals surface area contributed by atoms with Gasteiger partial charge in [-0.3, -0.25) is 14.9 Å². The number of carboxylic acids is 1. The standard InChI is InChI=1S/C28H28N2O5/c1-18(15-26(31)30(2)16-27(32)33)19-11-13-20(14-12-19)29-28(34)35-17-25-23-9-5-3-7-21(23)22-8-4-6-10-24(22)25/h3-14,18,25H,15-17H2,1-2H3,(H,29,34)(H,32,33). The summed E-state index contributed by atoms with van der Waals surface area (Å²) in [7, 11) is 1.48. The third kappa shape index (κ3) is 5.51. The van der Waals surface area contributed by atoms with Crippen LogP contribution in [-0.2, 0) is 14.3 Å². The van der Waals surface area contributed by atoms with Gasteiger partial charge in [-0.05, 0) is 45.9 Å². The molecule has 1 atom stereocenters. The molecule has 180 valence electrons. The van der Waals surface area contributed by atoms with Crippen molar-refractivity contribution in [2.24, 2.45) is 0 Å². The maximum Gasteiger partial charge on any atom is 0.411 e. The molecule has 35 heavy (non-hydrogen) atoms. The van der Waals surface area contributed by atoms with Crippen LogP contribution in [0.2, 0.25) is 0 Å². The first-order valence-corrected chi connectivity index (χ1v) is 11.5. The Bertz CT molecular complexity index is 1190. The fourth-order valence-corrected chi connectivity index (χ4v) is 4.47. The average Bonchev–Trinajstić information content (AvgIpc) is 3.16. The molecule has 1 aliphatic carbocycles. The molecule has 4 rings (SSSR count). The van der Waals surface area contributed by atoms with E-state index in [4.69, 9.17) is 9.84 Å². The molecule has 2 N–H and O–H groups in total. The summed E-state index contributed by atoms with van der Waals surface area (Å²) < 4.78 is 5.58. The summed E-state index contributed by atoms with van der Waals surface area (Å²) in [4.78, 5) is 36.7. The SMILES string of the molecule is CC(CC(=O)N(C)CC(=O)O)c1ccc(NC(=O)OCC2c3ccccc3-c3ccccc32)cc1. The minimum atomic E-state index is -1.04. The molecule has 0 fully saturated rings. The number of likely N-dealkylation sites (N-methyl/N-ethyl adjacent to an activating group) is 1. The summed E-state index contributed by atoms with van der Waals surface area (Å²) in [6, 6.07) is 23.6. The van der Waals surface area contributed by atoms with Crippen molar-refractivity contribution in [2.75, 3.05) is 25.5 Å². The first-order valence-electron chi connectivity index (χ1n) is 11.5. The van der Waals surface area contributed by atoms with E-state index >= 15 is 0 Å². The maximum atomic E-state index is 12.5. The number of carbonyl (C=O) groups is 3. The van der Waals surface area contributed by atoms with Crippen LogP contribution in [-0.4, -0.2) is 48.2 Å². The number of hydrogen-bond donors (Lipinski definition) is 2. The number of carbonyl (C=O) groups excluding carboxylic acids is 2. The number of fused-ring (bicyclic) bond motifs is 3. The molecule has 1 aliphatic rings. The highest BCUT2D eigenvalue weighted by Gasteiger charge is 2.29. The molecule has 1 unspecified atom stereocenters. The second-order valence-electron chi connectivity index (χ2n) is 8.82. The summed E-state index contributed by atoms with van der Waals surface area (Å²) in [6.45, 7) is 1.82. The Morgan fingerprint density at radius 3 is 2.09 bits per heavy atom. The van der Waals surface area contributed by atoms with Crippen LogP contribution < -0.4 is 5.32 Å². The fourth-order valence-electron chi connectivity index (χ4n) is 4.47. The Labute approximate surface area is 204 Å². The van der Waals surface area contributed by atoms with Crippen LogP contribution in [0, 0.1) is 0 Å². The number of benzene rings is 3. The Hall–Kier alpha value is -4.13. The van der Waals surface area contributed by atoms with Crippen molar-refractivity contribution in [3.05, 3.63) is 89.5 Å². The van der Waals surface area contributed by atoms with Crippen molar-refractivity contribution in [3.63, 3.8) is 0 Å². The van der Waals surface area contributed by atoms with E-state index in [-0.39, 0.29) is 37.3 Å². The summed E-state index contributed by atoms with van der Waals surface area (Å²) in [5.74, 6) is -1.38. The first-order chi connectivity index (χ1) is 16.8. The zero-order valence-corrected chi connectivity index (χ0v) is 19.7. The van der Waals surface area contributed by atoms with Gasteiger partial charge in [-0.1, -0.05) is 67.6 Å². The van der Waals surface area contributed by atoms with Crippen molar-refractivity contribution in [1.82, 2.24) is 4.90 Å². The highest BCUT2D eigenvalue weighted by molar-refractivity contribution is 5.85. The zero-order valence-electron chi connectivity index (χ0n) is 19.7. The second kappa shape index (κ2) is 10.4. The summed E-state index contributed by atoms with van der Waals surface area (Å²) in [6.07, 6.45) is -0.332. The number of nitrogens with one attached hydrogen (secondary N) is 1. The van der Waals surface area contributed by atoms with Gasteiger partial charge < -0.3 is 14.7 Å². The van der Waals surface area contributed by atoms with E-state index in [1.807, 2.05) is 43.3 Å². The smallest absolute Gasteiger partial charge is 0.411 e. The van der Waals surface area contributed by atoms with Crippen molar-refractivity contribution >= 4 is 23.7 Å². The number of amides is 2. The number of ether oxygens (including phenoxy) is 1. The molecule has 0 heterocycles. The fraction of sp³-hybridized carbons (Fsp3) is 0.250. The Morgan fingerprint density at radius 2 is 1.51 bits per heavy atom. The normalized spacial score (nSPS) is 12.9. The largest absolute Gasteiger partial charge is 0.480 e. The monoisotopic (exact) mass is 472 g/mol. The topological polar surface area (TPSA) is 95.9 Å². The highest BCUT2D eigenvalue weighted by Crippen LogP contribution is 2.44. The molecule has 7 heteroatoms. The lowest BCUT2D eigenvalue weighted by Crippen LogP contribution is -2.32. The summed E-state index contributed by atoms with van der Waals surface area (Å²) in [5.41, 5.74) is 6.17. The van der Waals surface area contributed by atoms with Crippen LogP contribution in [0.4, 0.5) is 10.5 Å². The van der Waals surface area contributed by atoms with Gasteiger partial charge >= 0.3 is 12.1 Å². The van der Waals surface area contributed by atoms with Gasteiger partial charge in [-0.2, -0.15) is 0 Å². The van der Waals surface area contributed by atoms with Crippen molar-refractivity contribution in [1.29, 1.82) is 0 Å². The molecule has 0 aromatic heterocycles. The number of hydrogen-bond acceptors (Lipinski definition) is 4. The highest BCUT2D eigenvalue weighted by atomic mass is 16.5. The number of carboxylic acid groups (broad SMARTS) is 1. The van der Waals surface area contributed by atoms with Gasteiger partial charge in [-0.15, -0.1) is 0 Å². The lowest BCUT2D eigenvalue weighted by molar-refractivity contribution is -0.143. The van der Waals surface area contributed by atoms with Crippen molar-refractivity contribution in [3.8, 4) is 11.1 Å². The average molecular weight is 473 g/mol. The van der Waals surface area contributed by atoms with Crippen LogP contribution in [0.5, 0.6) is 0 Å². The van der Waals surface area contributed by atoms with Gasteiger partial charge in [-0.25, -0.2) is 4.79 Å². The predicted molar refractivity (Wildman–Crippen MR) is 133 cm³/mol. The van der Waals surface area contributed by atoms with Gasteiger partial charge in [0, 0.05) is 25.1 Å².